The molecule has 0 bridgehead atoms. The van der Waals surface area contributed by atoms with E-state index in [9.17, 15) is 4.79 Å². The van der Waals surface area contributed by atoms with E-state index in [-0.39, 0.29) is 11.3 Å². The molecule has 0 aromatic heterocycles. The van der Waals surface area contributed by atoms with Gasteiger partial charge in [0.15, 0.2) is 11.5 Å². The standard InChI is InChI=1S/C14H16BrClO4/c1-2-18-13(17)4-3-11(16)9-7-10(15)14-12(8-9)19-5-6-20-14/h7-8,11H,2-6H2,1H3. The summed E-state index contributed by atoms with van der Waals surface area (Å²) < 4.78 is 16.8. The molecule has 1 unspecified atom stereocenters. The van der Waals surface area contributed by atoms with Crippen LogP contribution in [0.2, 0.25) is 0 Å². The van der Waals surface area contributed by atoms with Gasteiger partial charge in [-0.2, -0.15) is 0 Å². The third kappa shape index (κ3) is 3.79. The Kier molecular flexibility index (Phi) is 5.54. The monoisotopic (exact) mass is 362 g/mol. The molecule has 0 spiro atoms. The summed E-state index contributed by atoms with van der Waals surface area (Å²) in [7, 11) is 0. The summed E-state index contributed by atoms with van der Waals surface area (Å²) in [5.74, 6) is 1.16. The number of hydrogen-bond acceptors (Lipinski definition) is 4. The maximum atomic E-state index is 11.3. The zero-order valence-corrected chi connectivity index (χ0v) is 13.5. The normalized spacial score (nSPS) is 14.8. The first-order valence-corrected chi connectivity index (χ1v) is 7.73. The van der Waals surface area contributed by atoms with Crippen LogP contribution < -0.4 is 9.47 Å². The van der Waals surface area contributed by atoms with Gasteiger partial charge in [-0.3, -0.25) is 4.79 Å². The fraction of sp³-hybridized carbons (Fsp3) is 0.500. The molecule has 2 rings (SSSR count). The molecule has 0 N–H and O–H groups in total. The van der Waals surface area contributed by atoms with Crippen molar-refractivity contribution in [1.82, 2.24) is 0 Å². The highest BCUT2D eigenvalue weighted by atomic mass is 79.9. The Labute approximate surface area is 131 Å². The Hall–Kier alpha value is -0.940. The van der Waals surface area contributed by atoms with Crippen LogP contribution in [-0.4, -0.2) is 25.8 Å². The molecule has 1 aliphatic rings. The van der Waals surface area contributed by atoms with E-state index in [2.05, 4.69) is 15.9 Å². The minimum absolute atomic E-state index is 0.227. The average molecular weight is 364 g/mol. The fourth-order valence-corrected chi connectivity index (χ4v) is 2.77. The first kappa shape index (κ1) is 15.4. The van der Waals surface area contributed by atoms with Crippen LogP contribution in [0.25, 0.3) is 0 Å². The highest BCUT2D eigenvalue weighted by molar-refractivity contribution is 9.10. The number of carbonyl (C=O) groups is 1. The maximum Gasteiger partial charge on any atom is 0.305 e. The third-order valence-corrected chi connectivity index (χ3v) is 3.95. The van der Waals surface area contributed by atoms with Crippen molar-refractivity contribution < 1.29 is 19.0 Å². The van der Waals surface area contributed by atoms with Gasteiger partial charge in [0.2, 0.25) is 0 Å². The predicted molar refractivity (Wildman–Crippen MR) is 79.6 cm³/mol. The zero-order valence-electron chi connectivity index (χ0n) is 11.2. The SMILES string of the molecule is CCOC(=O)CCC(Cl)c1cc(Br)c2c(c1)OCCO2. The molecule has 0 fully saturated rings. The third-order valence-electron chi connectivity index (χ3n) is 2.89. The summed E-state index contributed by atoms with van der Waals surface area (Å²) in [6.07, 6.45) is 0.820. The molecular weight excluding hydrogens is 348 g/mol. The molecule has 20 heavy (non-hydrogen) atoms. The predicted octanol–water partition coefficient (Wildman–Crippen LogP) is 3.84. The molecule has 1 aromatic rings. The minimum atomic E-state index is -0.272. The van der Waals surface area contributed by atoms with Crippen LogP contribution in [0, 0.1) is 0 Å². The molecule has 1 aromatic carbocycles. The molecule has 1 heterocycles. The van der Waals surface area contributed by atoms with E-state index >= 15 is 0 Å². The lowest BCUT2D eigenvalue weighted by atomic mass is 10.1. The molecule has 0 radical (unpaired) electrons. The molecule has 4 nitrogen and oxygen atoms in total. The van der Waals surface area contributed by atoms with Gasteiger partial charge < -0.3 is 14.2 Å². The van der Waals surface area contributed by atoms with Crippen molar-refractivity contribution >= 4 is 33.5 Å². The molecule has 0 aliphatic carbocycles. The lowest BCUT2D eigenvalue weighted by molar-refractivity contribution is -0.143. The van der Waals surface area contributed by atoms with E-state index < -0.39 is 0 Å². The second kappa shape index (κ2) is 7.18. The summed E-state index contributed by atoms with van der Waals surface area (Å²) in [5, 5.41) is -0.272. The number of halogens is 2. The van der Waals surface area contributed by atoms with Gasteiger partial charge in [0.05, 0.1) is 16.5 Å². The zero-order chi connectivity index (χ0) is 14.5. The highest BCUT2D eigenvalue weighted by Gasteiger charge is 2.20. The van der Waals surface area contributed by atoms with Gasteiger partial charge in [-0.05, 0) is 47.0 Å². The molecule has 1 atom stereocenters. The van der Waals surface area contributed by atoms with Crippen molar-refractivity contribution in [2.75, 3.05) is 19.8 Å². The molecule has 0 amide bonds. The van der Waals surface area contributed by atoms with Crippen LogP contribution in [0.1, 0.15) is 30.7 Å². The first-order valence-electron chi connectivity index (χ1n) is 6.50. The second-order valence-electron chi connectivity index (χ2n) is 4.34. The number of hydrogen-bond donors (Lipinski definition) is 0. The lowest BCUT2D eigenvalue weighted by Gasteiger charge is -2.21. The lowest BCUT2D eigenvalue weighted by Crippen LogP contribution is -2.16. The summed E-state index contributed by atoms with van der Waals surface area (Å²) in [6.45, 7) is 3.24. The van der Waals surface area contributed by atoms with Gasteiger partial charge in [-0.25, -0.2) is 0 Å². The van der Waals surface area contributed by atoms with Gasteiger partial charge in [0.25, 0.3) is 0 Å². The number of ether oxygens (including phenoxy) is 3. The number of carbonyl (C=O) groups excluding carboxylic acids is 1. The minimum Gasteiger partial charge on any atom is -0.486 e. The number of alkyl halides is 1. The topological polar surface area (TPSA) is 44.8 Å². The number of esters is 1. The van der Waals surface area contributed by atoms with Gasteiger partial charge in [-0.15, -0.1) is 11.6 Å². The van der Waals surface area contributed by atoms with E-state index in [1.807, 2.05) is 12.1 Å². The van der Waals surface area contributed by atoms with Gasteiger partial charge in [-0.1, -0.05) is 0 Å². The van der Waals surface area contributed by atoms with Crippen LogP contribution in [-0.2, 0) is 9.53 Å². The smallest absolute Gasteiger partial charge is 0.305 e. The van der Waals surface area contributed by atoms with Crippen molar-refractivity contribution in [3.8, 4) is 11.5 Å². The number of rotatable bonds is 5. The second-order valence-corrected chi connectivity index (χ2v) is 5.72. The van der Waals surface area contributed by atoms with Gasteiger partial charge >= 0.3 is 5.97 Å². The Bertz CT molecular complexity index is 492. The Morgan fingerprint density at radius 3 is 2.95 bits per heavy atom. The Morgan fingerprint density at radius 2 is 2.20 bits per heavy atom. The molecule has 1 aliphatic heterocycles. The highest BCUT2D eigenvalue weighted by Crippen LogP contribution is 2.41. The van der Waals surface area contributed by atoms with Crippen LogP contribution in [0.3, 0.4) is 0 Å². The summed E-state index contributed by atoms with van der Waals surface area (Å²) in [5.41, 5.74) is 0.895. The largest absolute Gasteiger partial charge is 0.486 e. The van der Waals surface area contributed by atoms with E-state index in [0.717, 1.165) is 10.0 Å². The molecular formula is C14H16BrClO4. The van der Waals surface area contributed by atoms with Crippen LogP contribution in [0.5, 0.6) is 11.5 Å². The average Bonchev–Trinajstić information content (AvgIpc) is 2.45. The molecule has 0 saturated carbocycles. The first-order chi connectivity index (χ1) is 9.61. The van der Waals surface area contributed by atoms with Crippen molar-refractivity contribution in [3.63, 3.8) is 0 Å². The van der Waals surface area contributed by atoms with E-state index in [0.29, 0.717) is 44.2 Å². The van der Waals surface area contributed by atoms with E-state index in [1.165, 1.54) is 0 Å². The molecule has 0 saturated heterocycles. The number of fused-ring (bicyclic) bond motifs is 1. The summed E-state index contributed by atoms with van der Waals surface area (Å²) in [4.78, 5) is 11.3. The van der Waals surface area contributed by atoms with Gasteiger partial charge in [0, 0.05) is 6.42 Å². The van der Waals surface area contributed by atoms with Crippen molar-refractivity contribution in [1.29, 1.82) is 0 Å². The fourth-order valence-electron chi connectivity index (χ4n) is 1.96. The quantitative estimate of drug-likeness (QED) is 0.589. The number of benzene rings is 1. The van der Waals surface area contributed by atoms with Crippen LogP contribution in [0.15, 0.2) is 16.6 Å². The Morgan fingerprint density at radius 1 is 1.45 bits per heavy atom. The Balaban J connectivity index is 2.04. The van der Waals surface area contributed by atoms with Crippen molar-refractivity contribution in [2.24, 2.45) is 0 Å². The maximum absolute atomic E-state index is 11.3. The van der Waals surface area contributed by atoms with Crippen LogP contribution in [0.4, 0.5) is 0 Å². The van der Waals surface area contributed by atoms with E-state index in [4.69, 9.17) is 25.8 Å². The van der Waals surface area contributed by atoms with Crippen molar-refractivity contribution in [3.05, 3.63) is 22.2 Å². The van der Waals surface area contributed by atoms with Crippen LogP contribution >= 0.6 is 27.5 Å². The summed E-state index contributed by atoms with van der Waals surface area (Å²) in [6, 6.07) is 3.76. The summed E-state index contributed by atoms with van der Waals surface area (Å²) >= 11 is 9.79. The van der Waals surface area contributed by atoms with Gasteiger partial charge in [0.1, 0.15) is 13.2 Å². The molecule has 110 valence electrons. The molecule has 6 heteroatoms. The van der Waals surface area contributed by atoms with E-state index in [1.54, 1.807) is 6.92 Å². The van der Waals surface area contributed by atoms with Crippen molar-refractivity contribution in [2.45, 2.75) is 25.1 Å².